The second-order valence-electron chi connectivity index (χ2n) is 12.6. The van der Waals surface area contributed by atoms with Gasteiger partial charge in [0.1, 0.15) is 0 Å². The Bertz CT molecular complexity index is 682. The summed E-state index contributed by atoms with van der Waals surface area (Å²) >= 11 is 2.47. The molecular weight excluding hydrogens is 441 g/mol. The number of hydrogen-bond acceptors (Lipinski definition) is 1. The number of benzene rings is 1. The summed E-state index contributed by atoms with van der Waals surface area (Å²) in [7, 11) is -7.94. The van der Waals surface area contributed by atoms with Crippen molar-refractivity contribution in [3.05, 3.63) is 30.3 Å². The maximum atomic E-state index is 2.89. The van der Waals surface area contributed by atoms with Crippen LogP contribution >= 0.6 is 11.8 Å². The van der Waals surface area contributed by atoms with Crippen molar-refractivity contribution in [1.82, 2.24) is 0 Å². The Hall–Kier alpha value is 0.871. The molecule has 1 aromatic rings. The average molecular weight is 483 g/mol. The van der Waals surface area contributed by atoms with Crippen molar-refractivity contribution >= 4 is 57.3 Å². The number of thioether (sulfide) groups is 1. The average Bonchev–Trinajstić information content (AvgIpc) is 2.49. The summed E-state index contributed by atoms with van der Waals surface area (Å²) in [5.41, 5.74) is 0. The Morgan fingerprint density at radius 2 is 0.926 bits per heavy atom. The van der Waals surface area contributed by atoms with Gasteiger partial charge < -0.3 is 0 Å². The first-order valence-electron chi connectivity index (χ1n) is 10.7. The van der Waals surface area contributed by atoms with E-state index in [1.54, 1.807) is 4.90 Å². The fraction of sp³-hybridized carbons (Fsp3) is 0.700. The van der Waals surface area contributed by atoms with E-state index >= 15 is 0 Å². The molecule has 27 heavy (non-hydrogen) atoms. The van der Waals surface area contributed by atoms with Gasteiger partial charge in [-0.3, -0.25) is 0 Å². The molecule has 0 N–H and O–H groups in total. The maximum Gasteiger partial charge on any atom is 0.0526 e. The van der Waals surface area contributed by atoms with Gasteiger partial charge in [0.25, 0.3) is 0 Å². The van der Waals surface area contributed by atoms with Crippen molar-refractivity contribution in [2.24, 2.45) is 0 Å². The summed E-state index contributed by atoms with van der Waals surface area (Å²) < 4.78 is 0.699. The minimum absolute atomic E-state index is 0.699. The molecule has 0 amide bonds. The molecule has 1 aromatic carbocycles. The van der Waals surface area contributed by atoms with Crippen molar-refractivity contribution in [1.29, 1.82) is 0 Å². The Labute approximate surface area is 178 Å². The summed E-state index contributed by atoms with van der Waals surface area (Å²) in [5, 5.41) is 0. The molecule has 3 aliphatic heterocycles. The molecule has 3 fully saturated rings. The molecule has 4 rings (SSSR count). The van der Waals surface area contributed by atoms with Gasteiger partial charge in [0.2, 0.25) is 0 Å². The van der Waals surface area contributed by atoms with Gasteiger partial charge in [-0.1, -0.05) is 102 Å². The highest BCUT2D eigenvalue weighted by atomic mass is 32.2. The van der Waals surface area contributed by atoms with Crippen LogP contribution in [0.1, 0.15) is 0 Å². The molecule has 0 nitrogen and oxygen atoms in total. The minimum atomic E-state index is -1.38. The topological polar surface area (TPSA) is 0 Å². The van der Waals surface area contributed by atoms with Crippen LogP contribution in [0.5, 0.6) is 0 Å². The monoisotopic (exact) mass is 482 g/mol. The number of hydrogen-bond donors (Lipinski definition) is 0. The molecule has 0 saturated carbocycles. The van der Waals surface area contributed by atoms with Gasteiger partial charge in [-0.05, 0) is 15.7 Å². The Balaban J connectivity index is 2.45. The van der Waals surface area contributed by atoms with Crippen LogP contribution < -0.4 is 0 Å². The van der Waals surface area contributed by atoms with Gasteiger partial charge in [-0.2, -0.15) is 0 Å². The highest BCUT2D eigenvalue weighted by Crippen LogP contribution is 2.71. The molecule has 0 aromatic heterocycles. The minimum Gasteiger partial charge on any atom is -0.129 e. The Morgan fingerprint density at radius 1 is 0.593 bits per heavy atom. The molecule has 3 aliphatic rings. The van der Waals surface area contributed by atoms with E-state index in [2.05, 4.69) is 121 Å². The van der Waals surface area contributed by atoms with Crippen LogP contribution in [0.4, 0.5) is 0 Å². The zero-order valence-corrected chi connectivity index (χ0v) is 26.7. The highest BCUT2D eigenvalue weighted by molar-refractivity contribution is 8.12. The van der Waals surface area contributed by atoms with E-state index < -0.39 is 45.5 Å². The number of fused-ring (bicyclic) bond motifs is 3. The van der Waals surface area contributed by atoms with Crippen LogP contribution in [0.2, 0.25) is 83.4 Å². The van der Waals surface area contributed by atoms with E-state index in [0.717, 1.165) is 0 Å². The molecule has 3 heterocycles. The SMILES string of the molecule is C[Si]1(C)C2[Si](C)(C)[Si](C)(C)C(Sc3ccccc3)([Si]1(C)C)[Si](C)(C)[Si]2(C)C. The molecule has 0 spiro atoms. The molecule has 0 atom stereocenters. The first-order valence-corrected chi connectivity index (χ1v) is 32.7. The van der Waals surface area contributed by atoms with Gasteiger partial charge in [0, 0.05) is 27.7 Å². The predicted molar refractivity (Wildman–Crippen MR) is 144 cm³/mol. The van der Waals surface area contributed by atoms with Crippen LogP contribution in [0, 0.1) is 0 Å². The lowest BCUT2D eigenvalue weighted by Gasteiger charge is -2.84. The van der Waals surface area contributed by atoms with E-state index in [0.29, 0.717) is 3.62 Å². The lowest BCUT2D eigenvalue weighted by molar-refractivity contribution is 1.22. The van der Waals surface area contributed by atoms with E-state index in [9.17, 15) is 0 Å². The fourth-order valence-electron chi connectivity index (χ4n) is 8.54. The number of rotatable bonds is 2. The maximum absolute atomic E-state index is 2.89. The van der Waals surface area contributed by atoms with Crippen molar-refractivity contribution in [2.45, 2.75) is 91.9 Å². The van der Waals surface area contributed by atoms with E-state index in [4.69, 9.17) is 0 Å². The summed E-state index contributed by atoms with van der Waals surface area (Å²) in [4.78, 5) is 2.83. The van der Waals surface area contributed by atoms with Gasteiger partial charge >= 0.3 is 0 Å². The van der Waals surface area contributed by atoms with Crippen LogP contribution in [0.3, 0.4) is 0 Å². The van der Waals surface area contributed by atoms with E-state index in [-0.39, 0.29) is 0 Å². The van der Waals surface area contributed by atoms with Gasteiger partial charge in [0.15, 0.2) is 0 Å². The lowest BCUT2D eigenvalue weighted by Crippen LogP contribution is -3.05. The smallest absolute Gasteiger partial charge is 0.0526 e. The van der Waals surface area contributed by atoms with Gasteiger partial charge in [0.05, 0.1) is 22.8 Å². The zero-order chi connectivity index (χ0) is 20.9. The molecule has 3 saturated heterocycles. The fourth-order valence-corrected chi connectivity index (χ4v) is 162. The molecule has 0 unspecified atom stereocenters. The summed E-state index contributed by atoms with van der Waals surface area (Å²) in [6.45, 7) is 34.6. The third-order valence-electron chi connectivity index (χ3n) is 10.7. The molecule has 152 valence electrons. The van der Waals surface area contributed by atoms with Crippen LogP contribution in [0.25, 0.3) is 0 Å². The molecule has 0 radical (unpaired) electrons. The Kier molecular flexibility index (Phi) is 4.99. The van der Waals surface area contributed by atoms with Gasteiger partial charge in [-0.15, -0.1) is 11.8 Å². The highest BCUT2D eigenvalue weighted by Gasteiger charge is 2.87. The largest absolute Gasteiger partial charge is 0.129 e. The van der Waals surface area contributed by atoms with E-state index in [1.807, 2.05) is 0 Å². The second-order valence-corrected chi connectivity index (χ2v) is 65.1. The standard InChI is InChI=1S/C20H42SSi6/c1-22(2)19-23(3,4)26(9,10)20(25(22,7)8,27(11,12)24(19,5)6)21-18-16-14-13-15-17-18/h13-17,19H,1-12H3. The summed E-state index contributed by atoms with van der Waals surface area (Å²) in [6, 6.07) is 11.6. The zero-order valence-electron chi connectivity index (χ0n) is 19.9. The van der Waals surface area contributed by atoms with Crippen LogP contribution in [-0.4, -0.2) is 49.2 Å². The van der Waals surface area contributed by atoms with Crippen molar-refractivity contribution in [3.8, 4) is 0 Å². The van der Waals surface area contributed by atoms with Crippen molar-refractivity contribution in [3.63, 3.8) is 0 Å². The first kappa shape index (κ1) is 22.6. The normalized spacial score (nSPS) is 36.4. The molecule has 2 bridgehead atoms. The van der Waals surface area contributed by atoms with Crippen molar-refractivity contribution < 1.29 is 0 Å². The van der Waals surface area contributed by atoms with Crippen LogP contribution in [-0.2, 0) is 0 Å². The lowest BCUT2D eigenvalue weighted by atomic mass is 10.4. The third kappa shape index (κ3) is 2.25. The summed E-state index contributed by atoms with van der Waals surface area (Å²) in [6.07, 6.45) is 0. The predicted octanol–water partition coefficient (Wildman–Crippen LogP) is 7.10. The van der Waals surface area contributed by atoms with E-state index in [1.165, 1.54) is 4.79 Å². The first-order chi connectivity index (χ1) is 11.9. The second kappa shape index (κ2) is 5.97. The molecular formula is C20H42SSi6. The summed E-state index contributed by atoms with van der Waals surface area (Å²) in [5.74, 6) is 0. The Morgan fingerprint density at radius 3 is 1.26 bits per heavy atom. The third-order valence-corrected chi connectivity index (χ3v) is 107. The van der Waals surface area contributed by atoms with Crippen molar-refractivity contribution in [2.75, 3.05) is 0 Å². The quantitative estimate of drug-likeness (QED) is 0.405. The van der Waals surface area contributed by atoms with Gasteiger partial charge in [-0.25, -0.2) is 0 Å². The molecule has 0 aliphatic carbocycles. The van der Waals surface area contributed by atoms with Crippen LogP contribution in [0.15, 0.2) is 35.2 Å². The molecule has 7 heteroatoms.